The Bertz CT molecular complexity index is 658. The molecule has 23 heavy (non-hydrogen) atoms. The lowest BCUT2D eigenvalue weighted by Gasteiger charge is -2.29. The molecular formula is C16H22N2O4S. The highest BCUT2D eigenvalue weighted by Gasteiger charge is 2.25. The highest BCUT2D eigenvalue weighted by Crippen LogP contribution is 2.23. The molecule has 1 aliphatic rings. The third-order valence-electron chi connectivity index (χ3n) is 4.10. The summed E-state index contributed by atoms with van der Waals surface area (Å²) in [6.45, 7) is 2.06. The second-order valence-electron chi connectivity index (χ2n) is 5.96. The fourth-order valence-electron chi connectivity index (χ4n) is 2.78. The van der Waals surface area contributed by atoms with Crippen LogP contribution >= 0.6 is 0 Å². The first-order valence-corrected chi connectivity index (χ1v) is 9.42. The van der Waals surface area contributed by atoms with Gasteiger partial charge in [0.25, 0.3) is 0 Å². The number of sulfone groups is 1. The van der Waals surface area contributed by atoms with E-state index in [4.69, 9.17) is 0 Å². The molecule has 1 fully saturated rings. The maximum atomic E-state index is 12.1. The third-order valence-corrected chi connectivity index (χ3v) is 5.74. The zero-order valence-corrected chi connectivity index (χ0v) is 13.9. The van der Waals surface area contributed by atoms with Gasteiger partial charge in [0.05, 0.1) is 4.90 Å². The van der Waals surface area contributed by atoms with Crippen molar-refractivity contribution in [1.29, 1.82) is 0 Å². The van der Waals surface area contributed by atoms with E-state index in [0.29, 0.717) is 5.92 Å². The number of rotatable bonds is 4. The molecule has 2 atom stereocenters. The average molecular weight is 338 g/mol. The first-order valence-electron chi connectivity index (χ1n) is 7.76. The molecule has 2 rings (SSSR count). The van der Waals surface area contributed by atoms with E-state index in [1.165, 1.54) is 12.1 Å². The van der Waals surface area contributed by atoms with Gasteiger partial charge in [-0.25, -0.2) is 13.2 Å². The summed E-state index contributed by atoms with van der Waals surface area (Å²) >= 11 is 0. The van der Waals surface area contributed by atoms with Gasteiger partial charge in [0, 0.05) is 6.04 Å². The van der Waals surface area contributed by atoms with E-state index >= 15 is 0 Å². The van der Waals surface area contributed by atoms with Crippen LogP contribution in [0, 0.1) is 5.92 Å². The standard InChI is InChI=1S/C16H22N2O4S/c1-12-7-5-6-10-14(12)17-16(20)18-15(19)11-23(21,22)13-8-3-2-4-9-13/h2-4,8-9,12,14H,5-7,10-11H2,1H3,(H2,17,18,19,20). The maximum absolute atomic E-state index is 12.1. The van der Waals surface area contributed by atoms with Gasteiger partial charge in [-0.2, -0.15) is 0 Å². The van der Waals surface area contributed by atoms with Gasteiger partial charge in [0.15, 0.2) is 9.84 Å². The Labute approximate surface area is 136 Å². The summed E-state index contributed by atoms with van der Waals surface area (Å²) < 4.78 is 24.1. The molecule has 3 amide bonds. The van der Waals surface area contributed by atoms with Gasteiger partial charge in [-0.05, 0) is 30.9 Å². The van der Waals surface area contributed by atoms with Gasteiger partial charge in [0.1, 0.15) is 5.75 Å². The summed E-state index contributed by atoms with van der Waals surface area (Å²) in [6, 6.07) is 7.11. The topological polar surface area (TPSA) is 92.3 Å². The van der Waals surface area contributed by atoms with Crippen LogP contribution in [0.4, 0.5) is 4.79 Å². The molecule has 1 saturated carbocycles. The molecule has 126 valence electrons. The number of benzene rings is 1. The first-order chi connectivity index (χ1) is 10.9. The maximum Gasteiger partial charge on any atom is 0.321 e. The van der Waals surface area contributed by atoms with Gasteiger partial charge in [-0.15, -0.1) is 0 Å². The van der Waals surface area contributed by atoms with E-state index < -0.39 is 27.5 Å². The quantitative estimate of drug-likeness (QED) is 0.876. The second kappa shape index (κ2) is 7.59. The van der Waals surface area contributed by atoms with E-state index in [1.807, 2.05) is 0 Å². The number of hydrogen-bond donors (Lipinski definition) is 2. The van der Waals surface area contributed by atoms with Crippen molar-refractivity contribution >= 4 is 21.8 Å². The predicted molar refractivity (Wildman–Crippen MR) is 86.6 cm³/mol. The molecule has 0 aliphatic heterocycles. The van der Waals surface area contributed by atoms with E-state index in [2.05, 4.69) is 17.6 Å². The molecule has 7 heteroatoms. The number of nitrogens with one attached hydrogen (secondary N) is 2. The molecule has 0 aromatic heterocycles. The minimum absolute atomic E-state index is 0.0299. The lowest BCUT2D eigenvalue weighted by Crippen LogP contribution is -2.48. The van der Waals surface area contributed by atoms with Crippen molar-refractivity contribution in [2.75, 3.05) is 5.75 Å². The molecule has 0 bridgehead atoms. The fraction of sp³-hybridized carbons (Fsp3) is 0.500. The molecule has 0 saturated heterocycles. The molecule has 0 spiro atoms. The van der Waals surface area contributed by atoms with Crippen molar-refractivity contribution < 1.29 is 18.0 Å². The number of carbonyl (C=O) groups excluding carboxylic acids is 2. The molecule has 1 aromatic carbocycles. The normalized spacial score (nSPS) is 21.4. The minimum atomic E-state index is -3.74. The molecular weight excluding hydrogens is 316 g/mol. The van der Waals surface area contributed by atoms with Gasteiger partial charge in [-0.1, -0.05) is 38.0 Å². The van der Waals surface area contributed by atoms with Crippen molar-refractivity contribution in [2.45, 2.75) is 43.5 Å². The summed E-state index contributed by atoms with van der Waals surface area (Å²) in [5.74, 6) is -1.21. The summed E-state index contributed by atoms with van der Waals surface area (Å²) in [4.78, 5) is 23.7. The van der Waals surface area contributed by atoms with Crippen molar-refractivity contribution in [2.24, 2.45) is 5.92 Å². The average Bonchev–Trinajstić information content (AvgIpc) is 2.50. The SMILES string of the molecule is CC1CCCCC1NC(=O)NC(=O)CS(=O)(=O)c1ccccc1. The highest BCUT2D eigenvalue weighted by atomic mass is 32.2. The van der Waals surface area contributed by atoms with Crippen LogP contribution in [-0.4, -0.2) is 32.2 Å². The van der Waals surface area contributed by atoms with Crippen LogP contribution in [0.25, 0.3) is 0 Å². The van der Waals surface area contributed by atoms with Gasteiger partial charge in [0.2, 0.25) is 5.91 Å². The second-order valence-corrected chi connectivity index (χ2v) is 7.95. The van der Waals surface area contributed by atoms with Crippen molar-refractivity contribution in [3.05, 3.63) is 30.3 Å². The van der Waals surface area contributed by atoms with Crippen LogP contribution in [0.2, 0.25) is 0 Å². The Balaban J connectivity index is 1.88. The Morgan fingerprint density at radius 2 is 1.78 bits per heavy atom. The summed E-state index contributed by atoms with van der Waals surface area (Å²) in [6.07, 6.45) is 4.12. The zero-order valence-electron chi connectivity index (χ0n) is 13.1. The lowest BCUT2D eigenvalue weighted by molar-refractivity contribution is -0.117. The minimum Gasteiger partial charge on any atom is -0.335 e. The monoisotopic (exact) mass is 338 g/mol. The summed E-state index contributed by atoms with van der Waals surface area (Å²) in [5.41, 5.74) is 0. The van der Waals surface area contributed by atoms with Gasteiger partial charge in [-0.3, -0.25) is 10.1 Å². The van der Waals surface area contributed by atoms with Crippen molar-refractivity contribution in [3.8, 4) is 0 Å². The van der Waals surface area contributed by atoms with E-state index in [1.54, 1.807) is 18.2 Å². The Hall–Kier alpha value is -1.89. The molecule has 2 N–H and O–H groups in total. The molecule has 6 nitrogen and oxygen atoms in total. The number of hydrogen-bond acceptors (Lipinski definition) is 4. The lowest BCUT2D eigenvalue weighted by atomic mass is 9.86. The van der Waals surface area contributed by atoms with Crippen LogP contribution in [0.5, 0.6) is 0 Å². The number of carbonyl (C=O) groups is 2. The van der Waals surface area contributed by atoms with Gasteiger partial charge < -0.3 is 5.32 Å². The largest absolute Gasteiger partial charge is 0.335 e. The van der Waals surface area contributed by atoms with Crippen LogP contribution in [0.1, 0.15) is 32.6 Å². The summed E-state index contributed by atoms with van der Waals surface area (Å²) in [7, 11) is -3.74. The Morgan fingerprint density at radius 3 is 2.43 bits per heavy atom. The smallest absolute Gasteiger partial charge is 0.321 e. The Morgan fingerprint density at radius 1 is 1.13 bits per heavy atom. The highest BCUT2D eigenvalue weighted by molar-refractivity contribution is 7.92. The third kappa shape index (κ3) is 5.06. The predicted octanol–water partition coefficient (Wildman–Crippen LogP) is 1.86. The molecule has 0 radical (unpaired) electrons. The Kier molecular flexibility index (Phi) is 5.76. The van der Waals surface area contributed by atoms with E-state index in [0.717, 1.165) is 25.7 Å². The molecule has 0 heterocycles. The van der Waals surface area contributed by atoms with Crippen molar-refractivity contribution in [3.63, 3.8) is 0 Å². The van der Waals surface area contributed by atoms with Crippen LogP contribution in [0.15, 0.2) is 35.2 Å². The van der Waals surface area contributed by atoms with E-state index in [-0.39, 0.29) is 10.9 Å². The molecule has 1 aromatic rings. The number of urea groups is 1. The summed E-state index contributed by atoms with van der Waals surface area (Å²) in [5, 5.41) is 4.86. The molecule has 2 unspecified atom stereocenters. The van der Waals surface area contributed by atoms with Crippen LogP contribution in [0.3, 0.4) is 0 Å². The first kappa shape index (κ1) is 17.5. The fourth-order valence-corrected chi connectivity index (χ4v) is 3.94. The van der Waals surface area contributed by atoms with Crippen LogP contribution < -0.4 is 10.6 Å². The zero-order chi connectivity index (χ0) is 16.9. The van der Waals surface area contributed by atoms with Crippen LogP contribution in [-0.2, 0) is 14.6 Å². The number of imide groups is 1. The van der Waals surface area contributed by atoms with E-state index in [9.17, 15) is 18.0 Å². The molecule has 1 aliphatic carbocycles. The van der Waals surface area contributed by atoms with Crippen molar-refractivity contribution in [1.82, 2.24) is 10.6 Å². The number of amides is 3. The van der Waals surface area contributed by atoms with Gasteiger partial charge >= 0.3 is 6.03 Å².